The average Bonchev–Trinajstić information content (AvgIpc) is 1.99. The average molecular weight is 162 g/mol. The topological polar surface area (TPSA) is 69.9 Å². The Morgan fingerprint density at radius 2 is 2.09 bits per heavy atom. The van der Waals surface area contributed by atoms with E-state index < -0.39 is 12.4 Å². The molecule has 0 aromatic heterocycles. The molecule has 0 saturated carbocycles. The van der Waals surface area contributed by atoms with Crippen LogP contribution in [0, 0.1) is 5.92 Å². The third kappa shape index (κ3) is 1.90. The lowest BCUT2D eigenvalue weighted by Gasteiger charge is -2.34. The second-order valence-corrected chi connectivity index (χ2v) is 3.03. The predicted molar refractivity (Wildman–Crippen MR) is 37.8 cm³/mol. The molecule has 66 valence electrons. The molecule has 0 aliphatic carbocycles. The predicted octanol–water partition coefficient (Wildman–Crippen LogP) is -0.917. The van der Waals surface area contributed by atoms with Crippen LogP contribution in [0.25, 0.3) is 0 Å². The third-order valence-corrected chi connectivity index (χ3v) is 2.05. The standard InChI is InChI=1S/C7H14O4/c1-4-2-5(3-8)11-7(10)6(4)9/h4-10H,2-3H2,1H3. The molecule has 0 aromatic carbocycles. The van der Waals surface area contributed by atoms with E-state index in [1.54, 1.807) is 0 Å². The number of hydrogen-bond donors (Lipinski definition) is 3. The molecule has 1 aliphatic heterocycles. The Kier molecular flexibility index (Phi) is 2.84. The maximum atomic E-state index is 9.20. The fourth-order valence-electron chi connectivity index (χ4n) is 1.29. The first-order valence-electron chi connectivity index (χ1n) is 3.77. The van der Waals surface area contributed by atoms with E-state index in [-0.39, 0.29) is 18.6 Å². The fourth-order valence-corrected chi connectivity index (χ4v) is 1.29. The summed E-state index contributed by atoms with van der Waals surface area (Å²) >= 11 is 0. The largest absolute Gasteiger partial charge is 0.394 e. The molecule has 1 aliphatic rings. The number of ether oxygens (including phenoxy) is 1. The monoisotopic (exact) mass is 162 g/mol. The van der Waals surface area contributed by atoms with Crippen LogP contribution in [0.5, 0.6) is 0 Å². The van der Waals surface area contributed by atoms with Crippen molar-refractivity contribution < 1.29 is 20.1 Å². The molecule has 0 aromatic rings. The van der Waals surface area contributed by atoms with Crippen molar-refractivity contribution in [2.75, 3.05) is 6.61 Å². The summed E-state index contributed by atoms with van der Waals surface area (Å²) in [6.45, 7) is 1.72. The summed E-state index contributed by atoms with van der Waals surface area (Å²) in [5.41, 5.74) is 0. The van der Waals surface area contributed by atoms with Crippen LogP contribution in [0.1, 0.15) is 13.3 Å². The van der Waals surface area contributed by atoms with Gasteiger partial charge in [0, 0.05) is 0 Å². The smallest absolute Gasteiger partial charge is 0.181 e. The second kappa shape index (κ2) is 3.49. The van der Waals surface area contributed by atoms with Crippen molar-refractivity contribution in [1.29, 1.82) is 0 Å². The van der Waals surface area contributed by atoms with E-state index in [2.05, 4.69) is 0 Å². The van der Waals surface area contributed by atoms with Crippen LogP contribution in [0.2, 0.25) is 0 Å². The van der Waals surface area contributed by atoms with Gasteiger partial charge in [-0.3, -0.25) is 0 Å². The molecule has 0 radical (unpaired) electrons. The highest BCUT2D eigenvalue weighted by molar-refractivity contribution is 4.77. The van der Waals surface area contributed by atoms with E-state index in [1.165, 1.54) is 0 Å². The number of aliphatic hydroxyl groups excluding tert-OH is 3. The Bertz CT molecular complexity index is 116. The third-order valence-electron chi connectivity index (χ3n) is 2.05. The highest BCUT2D eigenvalue weighted by Gasteiger charge is 2.33. The summed E-state index contributed by atoms with van der Waals surface area (Å²) in [5, 5.41) is 27.0. The van der Waals surface area contributed by atoms with E-state index in [4.69, 9.17) is 14.9 Å². The van der Waals surface area contributed by atoms with Crippen LogP contribution in [-0.4, -0.2) is 40.4 Å². The summed E-state index contributed by atoms with van der Waals surface area (Å²) in [4.78, 5) is 0. The molecule has 11 heavy (non-hydrogen) atoms. The highest BCUT2D eigenvalue weighted by Crippen LogP contribution is 2.23. The summed E-state index contributed by atoms with van der Waals surface area (Å²) in [7, 11) is 0. The van der Waals surface area contributed by atoms with Gasteiger partial charge in [-0.05, 0) is 12.3 Å². The SMILES string of the molecule is CC1CC(CO)OC(O)C1O. The lowest BCUT2D eigenvalue weighted by molar-refractivity contribution is -0.237. The van der Waals surface area contributed by atoms with Gasteiger partial charge in [-0.1, -0.05) is 6.92 Å². The van der Waals surface area contributed by atoms with Crippen LogP contribution in [0.4, 0.5) is 0 Å². The Hall–Kier alpha value is -0.160. The van der Waals surface area contributed by atoms with Crippen LogP contribution in [0.3, 0.4) is 0 Å². The van der Waals surface area contributed by atoms with Gasteiger partial charge >= 0.3 is 0 Å². The minimum absolute atomic E-state index is 0.0177. The molecule has 4 unspecified atom stereocenters. The zero-order valence-corrected chi connectivity index (χ0v) is 6.47. The van der Waals surface area contributed by atoms with Crippen molar-refractivity contribution in [2.24, 2.45) is 5.92 Å². The maximum absolute atomic E-state index is 9.20. The van der Waals surface area contributed by atoms with Gasteiger partial charge in [-0.2, -0.15) is 0 Å². The van der Waals surface area contributed by atoms with E-state index >= 15 is 0 Å². The van der Waals surface area contributed by atoms with Crippen LogP contribution < -0.4 is 0 Å². The maximum Gasteiger partial charge on any atom is 0.181 e. The van der Waals surface area contributed by atoms with E-state index in [0.717, 1.165) is 0 Å². The van der Waals surface area contributed by atoms with Gasteiger partial charge in [0.2, 0.25) is 0 Å². The lowest BCUT2D eigenvalue weighted by atomic mass is 9.94. The Labute approximate surface area is 65.4 Å². The van der Waals surface area contributed by atoms with Crippen molar-refractivity contribution in [3.8, 4) is 0 Å². The molecule has 0 bridgehead atoms. The molecular formula is C7H14O4. The van der Waals surface area contributed by atoms with Gasteiger partial charge in [0.05, 0.1) is 12.7 Å². The van der Waals surface area contributed by atoms with Crippen molar-refractivity contribution >= 4 is 0 Å². The van der Waals surface area contributed by atoms with Crippen molar-refractivity contribution in [3.63, 3.8) is 0 Å². The van der Waals surface area contributed by atoms with Crippen molar-refractivity contribution in [3.05, 3.63) is 0 Å². The molecule has 0 amide bonds. The molecule has 1 rings (SSSR count). The summed E-state index contributed by atoms with van der Waals surface area (Å²) in [5.74, 6) is -0.0177. The zero-order chi connectivity index (χ0) is 8.43. The Morgan fingerprint density at radius 3 is 2.55 bits per heavy atom. The van der Waals surface area contributed by atoms with Crippen LogP contribution in [-0.2, 0) is 4.74 Å². The minimum atomic E-state index is -1.14. The molecule has 1 saturated heterocycles. The van der Waals surface area contributed by atoms with E-state index in [1.807, 2.05) is 6.92 Å². The van der Waals surface area contributed by atoms with Gasteiger partial charge in [0.15, 0.2) is 6.29 Å². The fraction of sp³-hybridized carbons (Fsp3) is 1.00. The summed E-state index contributed by atoms with van der Waals surface area (Å²) < 4.78 is 4.87. The molecule has 3 N–H and O–H groups in total. The van der Waals surface area contributed by atoms with Crippen LogP contribution >= 0.6 is 0 Å². The molecule has 1 heterocycles. The molecule has 0 spiro atoms. The van der Waals surface area contributed by atoms with Gasteiger partial charge in [0.1, 0.15) is 6.10 Å². The summed E-state index contributed by atoms with van der Waals surface area (Å²) in [6.07, 6.45) is -1.70. The van der Waals surface area contributed by atoms with Crippen molar-refractivity contribution in [1.82, 2.24) is 0 Å². The number of hydrogen-bond acceptors (Lipinski definition) is 4. The minimum Gasteiger partial charge on any atom is -0.394 e. The van der Waals surface area contributed by atoms with E-state index in [0.29, 0.717) is 6.42 Å². The second-order valence-electron chi connectivity index (χ2n) is 3.03. The first kappa shape index (κ1) is 8.93. The van der Waals surface area contributed by atoms with Crippen molar-refractivity contribution in [2.45, 2.75) is 31.8 Å². The quantitative estimate of drug-likeness (QED) is 0.466. The summed E-state index contributed by atoms with van der Waals surface area (Å²) in [6, 6.07) is 0. The van der Waals surface area contributed by atoms with Gasteiger partial charge in [-0.25, -0.2) is 0 Å². The molecular weight excluding hydrogens is 148 g/mol. The molecule has 4 nitrogen and oxygen atoms in total. The highest BCUT2D eigenvalue weighted by atomic mass is 16.6. The Balaban J connectivity index is 2.47. The van der Waals surface area contributed by atoms with Gasteiger partial charge in [-0.15, -0.1) is 0 Å². The molecule has 4 heteroatoms. The number of rotatable bonds is 1. The molecule has 4 atom stereocenters. The molecule has 1 fully saturated rings. The lowest BCUT2D eigenvalue weighted by Crippen LogP contribution is -2.45. The van der Waals surface area contributed by atoms with Gasteiger partial charge in [0.25, 0.3) is 0 Å². The first-order chi connectivity index (χ1) is 5.15. The van der Waals surface area contributed by atoms with Gasteiger partial charge < -0.3 is 20.1 Å². The Morgan fingerprint density at radius 1 is 1.45 bits per heavy atom. The van der Waals surface area contributed by atoms with E-state index in [9.17, 15) is 5.11 Å². The number of aliphatic hydroxyl groups is 3. The normalized spacial score (nSPS) is 45.8. The zero-order valence-electron chi connectivity index (χ0n) is 6.47. The van der Waals surface area contributed by atoms with Crippen LogP contribution in [0.15, 0.2) is 0 Å². The first-order valence-corrected chi connectivity index (χ1v) is 3.77.